The molecule has 0 aliphatic carbocycles. The van der Waals surface area contributed by atoms with Gasteiger partial charge in [-0.1, -0.05) is 24.9 Å². The zero-order valence-electron chi connectivity index (χ0n) is 18.8. The molecule has 0 saturated carbocycles. The van der Waals surface area contributed by atoms with Crippen LogP contribution in [0.2, 0.25) is 5.02 Å². The number of likely N-dealkylation sites (tertiary alicyclic amines) is 1. The van der Waals surface area contributed by atoms with Gasteiger partial charge < -0.3 is 19.7 Å². The highest BCUT2D eigenvalue weighted by Crippen LogP contribution is 2.37. The van der Waals surface area contributed by atoms with Crippen molar-refractivity contribution in [3.63, 3.8) is 0 Å². The van der Waals surface area contributed by atoms with Gasteiger partial charge in [0.15, 0.2) is 16.6 Å². The van der Waals surface area contributed by atoms with Crippen LogP contribution < -0.4 is 14.8 Å². The molecule has 1 aliphatic heterocycles. The summed E-state index contributed by atoms with van der Waals surface area (Å²) in [5, 5.41) is 5.76. The molecule has 2 amide bonds. The minimum atomic E-state index is -0.139. The number of aryl methyl sites for hydroxylation is 1. The number of nitrogens with one attached hydrogen (secondary N) is 1. The third-order valence-corrected chi connectivity index (χ3v) is 6.46. The minimum absolute atomic E-state index is 0.0401. The number of aromatic nitrogens is 1. The molecule has 0 radical (unpaired) electrons. The molecule has 1 aromatic heterocycles. The van der Waals surface area contributed by atoms with Gasteiger partial charge in [0.05, 0.1) is 23.9 Å². The summed E-state index contributed by atoms with van der Waals surface area (Å²) in [6.45, 7) is 7.85. The van der Waals surface area contributed by atoms with Crippen LogP contribution >= 0.6 is 22.9 Å². The van der Waals surface area contributed by atoms with Crippen LogP contribution in [0.3, 0.4) is 0 Å². The average Bonchev–Trinajstić information content (AvgIpc) is 3.19. The third kappa shape index (κ3) is 6.13. The van der Waals surface area contributed by atoms with Crippen molar-refractivity contribution in [2.45, 2.75) is 46.5 Å². The molecule has 0 unspecified atom stereocenters. The van der Waals surface area contributed by atoms with E-state index in [1.165, 1.54) is 11.3 Å². The van der Waals surface area contributed by atoms with Gasteiger partial charge in [0, 0.05) is 30.0 Å². The first-order valence-electron chi connectivity index (χ1n) is 11.0. The maximum Gasteiger partial charge on any atom is 0.254 e. The van der Waals surface area contributed by atoms with Gasteiger partial charge in [0.25, 0.3) is 5.91 Å². The number of carbonyl (C=O) groups is 2. The summed E-state index contributed by atoms with van der Waals surface area (Å²) in [4.78, 5) is 31.7. The predicted octanol–water partition coefficient (Wildman–Crippen LogP) is 5.17. The quantitative estimate of drug-likeness (QED) is 0.501. The fourth-order valence-electron chi connectivity index (χ4n) is 3.56. The Labute approximate surface area is 198 Å². The van der Waals surface area contributed by atoms with E-state index in [1.807, 2.05) is 19.2 Å². The number of piperidine rings is 1. The number of rotatable bonds is 9. The van der Waals surface area contributed by atoms with Crippen molar-refractivity contribution < 1.29 is 19.1 Å². The van der Waals surface area contributed by atoms with E-state index in [1.54, 1.807) is 17.0 Å². The summed E-state index contributed by atoms with van der Waals surface area (Å²) >= 11 is 7.86. The molecule has 3 rings (SSSR count). The first kappa shape index (κ1) is 24.3. The maximum atomic E-state index is 13.1. The van der Waals surface area contributed by atoms with Gasteiger partial charge >= 0.3 is 0 Å². The molecule has 2 aromatic rings. The van der Waals surface area contributed by atoms with Crippen molar-refractivity contribution in [1.82, 2.24) is 9.88 Å². The molecule has 7 nitrogen and oxygen atoms in total. The lowest BCUT2D eigenvalue weighted by atomic mass is 9.95. The smallest absolute Gasteiger partial charge is 0.254 e. The Morgan fingerprint density at radius 3 is 2.62 bits per heavy atom. The molecule has 0 bridgehead atoms. The minimum Gasteiger partial charge on any atom is -0.490 e. The molecule has 2 heterocycles. The van der Waals surface area contributed by atoms with Crippen LogP contribution in [-0.4, -0.2) is 48.0 Å². The molecule has 9 heteroatoms. The predicted molar refractivity (Wildman–Crippen MR) is 127 cm³/mol. The standard InChI is InChI=1S/C23H30ClN3O4S/c1-4-6-11-31-20-18(24)12-17(13-19(20)30-5-2)22(29)27-9-7-16(8-10-27)21(28)26-23-25-15(3)14-32-23/h12-14,16H,4-11H2,1-3H3,(H,25,26,28). The van der Waals surface area contributed by atoms with E-state index < -0.39 is 0 Å². The number of anilines is 1. The number of unbranched alkanes of at least 4 members (excludes halogenated alkanes) is 1. The number of benzene rings is 1. The van der Waals surface area contributed by atoms with Gasteiger partial charge in [-0.25, -0.2) is 4.98 Å². The number of ether oxygens (including phenoxy) is 2. The monoisotopic (exact) mass is 479 g/mol. The largest absolute Gasteiger partial charge is 0.490 e. The lowest BCUT2D eigenvalue weighted by Crippen LogP contribution is -2.41. The molecule has 1 fully saturated rings. The van der Waals surface area contributed by atoms with Gasteiger partial charge in [-0.15, -0.1) is 11.3 Å². The number of halogens is 1. The molecule has 1 aromatic carbocycles. The average molecular weight is 480 g/mol. The summed E-state index contributed by atoms with van der Waals surface area (Å²) in [6.07, 6.45) is 3.13. The third-order valence-electron chi connectivity index (χ3n) is 5.30. The molecule has 0 atom stereocenters. The Balaban J connectivity index is 1.63. The lowest BCUT2D eigenvalue weighted by molar-refractivity contribution is -0.121. The maximum absolute atomic E-state index is 13.1. The molecule has 1 N–H and O–H groups in total. The topological polar surface area (TPSA) is 80.8 Å². The first-order chi connectivity index (χ1) is 15.4. The molecule has 32 heavy (non-hydrogen) atoms. The molecule has 174 valence electrons. The summed E-state index contributed by atoms with van der Waals surface area (Å²) in [6, 6.07) is 3.33. The number of carbonyl (C=O) groups excluding carboxylic acids is 2. The van der Waals surface area contributed by atoms with E-state index >= 15 is 0 Å². The van der Waals surface area contributed by atoms with Gasteiger partial charge in [-0.05, 0) is 45.2 Å². The number of nitrogens with zero attached hydrogens (tertiary/aromatic N) is 2. The van der Waals surface area contributed by atoms with Crippen LogP contribution in [0.1, 0.15) is 55.6 Å². The SMILES string of the molecule is CCCCOc1c(Cl)cc(C(=O)N2CCC(C(=O)Nc3nc(C)cs3)CC2)cc1OCC. The second-order valence-corrected chi connectivity index (χ2v) is 9.04. The van der Waals surface area contributed by atoms with Crippen LogP contribution in [0, 0.1) is 12.8 Å². The Bertz CT molecular complexity index is 941. The van der Waals surface area contributed by atoms with Gasteiger partial charge in [0.1, 0.15) is 0 Å². The second kappa shape index (κ2) is 11.5. The summed E-state index contributed by atoms with van der Waals surface area (Å²) in [7, 11) is 0. The molecule has 1 aliphatic rings. The Kier molecular flexibility index (Phi) is 8.75. The molecule has 1 saturated heterocycles. The Morgan fingerprint density at radius 2 is 2.00 bits per heavy atom. The van der Waals surface area contributed by atoms with Crippen LogP contribution in [0.5, 0.6) is 11.5 Å². The summed E-state index contributed by atoms with van der Waals surface area (Å²) in [5.41, 5.74) is 1.35. The van der Waals surface area contributed by atoms with Gasteiger partial charge in [0.2, 0.25) is 5.91 Å². The summed E-state index contributed by atoms with van der Waals surface area (Å²) < 4.78 is 11.5. The van der Waals surface area contributed by atoms with Crippen LogP contribution in [-0.2, 0) is 4.79 Å². The van der Waals surface area contributed by atoms with E-state index in [-0.39, 0.29) is 17.7 Å². The summed E-state index contributed by atoms with van der Waals surface area (Å²) in [5.74, 6) is 0.656. The van der Waals surface area contributed by atoms with Crippen LogP contribution in [0.25, 0.3) is 0 Å². The molecule has 0 spiro atoms. The van der Waals surface area contributed by atoms with Crippen molar-refractivity contribution in [3.05, 3.63) is 33.8 Å². The normalized spacial score (nSPS) is 14.3. The highest BCUT2D eigenvalue weighted by atomic mass is 35.5. The lowest BCUT2D eigenvalue weighted by Gasteiger charge is -2.31. The zero-order chi connectivity index (χ0) is 23.1. The van der Waals surface area contributed by atoms with Crippen molar-refractivity contribution in [3.8, 4) is 11.5 Å². The molecular weight excluding hydrogens is 450 g/mol. The highest BCUT2D eigenvalue weighted by Gasteiger charge is 2.29. The van der Waals surface area contributed by atoms with Gasteiger partial charge in [-0.3, -0.25) is 9.59 Å². The van der Waals surface area contributed by atoms with E-state index in [9.17, 15) is 9.59 Å². The van der Waals surface area contributed by atoms with Crippen molar-refractivity contribution >= 4 is 39.9 Å². The van der Waals surface area contributed by atoms with Crippen molar-refractivity contribution in [1.29, 1.82) is 0 Å². The van der Waals surface area contributed by atoms with Crippen LogP contribution in [0.15, 0.2) is 17.5 Å². The fourth-order valence-corrected chi connectivity index (χ4v) is 4.52. The van der Waals surface area contributed by atoms with E-state index in [4.69, 9.17) is 21.1 Å². The van der Waals surface area contributed by atoms with E-state index in [0.717, 1.165) is 18.5 Å². The number of hydrogen-bond donors (Lipinski definition) is 1. The number of amides is 2. The molecular formula is C23H30ClN3O4S. The first-order valence-corrected chi connectivity index (χ1v) is 12.3. The number of thiazole rings is 1. The second-order valence-electron chi connectivity index (χ2n) is 7.77. The highest BCUT2D eigenvalue weighted by molar-refractivity contribution is 7.13. The van der Waals surface area contributed by atoms with Crippen molar-refractivity contribution in [2.75, 3.05) is 31.6 Å². The van der Waals surface area contributed by atoms with Gasteiger partial charge in [-0.2, -0.15) is 0 Å². The van der Waals surface area contributed by atoms with Crippen molar-refractivity contribution in [2.24, 2.45) is 5.92 Å². The zero-order valence-corrected chi connectivity index (χ0v) is 20.4. The van der Waals surface area contributed by atoms with Crippen LogP contribution in [0.4, 0.5) is 5.13 Å². The van der Waals surface area contributed by atoms with E-state index in [0.29, 0.717) is 66.4 Å². The Hall–Kier alpha value is -2.32. The fraction of sp³-hybridized carbons (Fsp3) is 0.522. The Morgan fingerprint density at radius 1 is 1.25 bits per heavy atom. The van der Waals surface area contributed by atoms with E-state index in [2.05, 4.69) is 17.2 Å². The number of hydrogen-bond acceptors (Lipinski definition) is 6.